The van der Waals surface area contributed by atoms with Crippen LogP contribution in [0.3, 0.4) is 0 Å². The minimum absolute atomic E-state index is 0.427. The van der Waals surface area contributed by atoms with Crippen LogP contribution in [0.25, 0.3) is 0 Å². The zero-order chi connectivity index (χ0) is 18.9. The van der Waals surface area contributed by atoms with Crippen LogP contribution in [-0.4, -0.2) is 72.4 Å². The van der Waals surface area contributed by atoms with Crippen molar-refractivity contribution in [1.29, 1.82) is 0 Å². The zero-order valence-corrected chi connectivity index (χ0v) is 17.1. The maximum Gasteiger partial charge on any atom is 0.186 e. The van der Waals surface area contributed by atoms with Gasteiger partial charge in [0.05, 0.1) is 6.61 Å². The lowest BCUT2D eigenvalue weighted by molar-refractivity contribution is -0.300. The van der Waals surface area contributed by atoms with E-state index in [9.17, 15) is 20.4 Å². The Morgan fingerprint density at radius 2 is 1.52 bits per heavy atom. The standard InChI is InChI=1S/C18H38O6Si/c1-4-5-6-7-8-9-11-25(2,3)12-10-23-18-17(22)16(21)15(20)14(13-19)24-18/h14-22H,4-13H2,1-3H3/t14-,15-,16+,17-,18+/m1/s1. The third-order valence-electron chi connectivity index (χ3n) is 5.12. The van der Waals surface area contributed by atoms with Gasteiger partial charge in [0.1, 0.15) is 24.4 Å². The van der Waals surface area contributed by atoms with E-state index in [4.69, 9.17) is 9.47 Å². The first-order valence-electron chi connectivity index (χ1n) is 9.74. The number of ether oxygens (including phenoxy) is 2. The van der Waals surface area contributed by atoms with Crippen molar-refractivity contribution in [3.8, 4) is 0 Å². The lowest BCUT2D eigenvalue weighted by Crippen LogP contribution is -2.59. The predicted molar refractivity (Wildman–Crippen MR) is 100 cm³/mol. The second-order valence-electron chi connectivity index (χ2n) is 8.00. The van der Waals surface area contributed by atoms with Crippen molar-refractivity contribution in [3.05, 3.63) is 0 Å². The number of aliphatic hydroxyl groups excluding tert-OH is 4. The number of aliphatic hydroxyl groups is 4. The van der Waals surface area contributed by atoms with E-state index in [0.29, 0.717) is 6.61 Å². The van der Waals surface area contributed by atoms with Gasteiger partial charge in [-0.25, -0.2) is 0 Å². The molecule has 0 aliphatic carbocycles. The van der Waals surface area contributed by atoms with Crippen LogP contribution in [0.15, 0.2) is 0 Å². The predicted octanol–water partition coefficient (Wildman–Crippen LogP) is 1.87. The summed E-state index contributed by atoms with van der Waals surface area (Å²) >= 11 is 0. The van der Waals surface area contributed by atoms with E-state index in [2.05, 4.69) is 20.0 Å². The molecule has 1 aliphatic rings. The molecule has 4 N–H and O–H groups in total. The summed E-state index contributed by atoms with van der Waals surface area (Å²) in [6.45, 7) is 6.94. The summed E-state index contributed by atoms with van der Waals surface area (Å²) < 4.78 is 11.0. The molecule has 6 nitrogen and oxygen atoms in total. The monoisotopic (exact) mass is 378 g/mol. The van der Waals surface area contributed by atoms with Gasteiger partial charge in [-0.15, -0.1) is 0 Å². The van der Waals surface area contributed by atoms with Crippen molar-refractivity contribution in [3.63, 3.8) is 0 Å². The number of hydrogen-bond donors (Lipinski definition) is 4. The van der Waals surface area contributed by atoms with Crippen molar-refractivity contribution >= 4 is 8.07 Å². The zero-order valence-electron chi connectivity index (χ0n) is 16.1. The van der Waals surface area contributed by atoms with Gasteiger partial charge < -0.3 is 29.9 Å². The minimum atomic E-state index is -1.37. The van der Waals surface area contributed by atoms with E-state index in [1.807, 2.05) is 0 Å². The molecule has 5 atom stereocenters. The Morgan fingerprint density at radius 3 is 2.16 bits per heavy atom. The quantitative estimate of drug-likeness (QED) is 0.306. The average Bonchev–Trinajstić information content (AvgIpc) is 2.58. The highest BCUT2D eigenvalue weighted by Crippen LogP contribution is 2.24. The van der Waals surface area contributed by atoms with Crippen molar-refractivity contribution in [1.82, 2.24) is 0 Å². The molecule has 0 aromatic rings. The Hall–Kier alpha value is -0.0231. The van der Waals surface area contributed by atoms with Crippen LogP contribution in [0, 0.1) is 0 Å². The van der Waals surface area contributed by atoms with Crippen LogP contribution >= 0.6 is 0 Å². The number of unbranched alkanes of at least 4 members (excludes halogenated alkanes) is 5. The topological polar surface area (TPSA) is 99.4 Å². The smallest absolute Gasteiger partial charge is 0.186 e. The number of rotatable bonds is 12. The first-order valence-corrected chi connectivity index (χ1v) is 13.2. The van der Waals surface area contributed by atoms with Crippen LogP contribution in [0.4, 0.5) is 0 Å². The molecule has 0 unspecified atom stereocenters. The van der Waals surface area contributed by atoms with Gasteiger partial charge in [0, 0.05) is 14.7 Å². The molecule has 7 heteroatoms. The van der Waals surface area contributed by atoms with Gasteiger partial charge in [0.25, 0.3) is 0 Å². The fraction of sp³-hybridized carbons (Fsp3) is 1.00. The fourth-order valence-corrected chi connectivity index (χ4v) is 5.29. The van der Waals surface area contributed by atoms with Crippen molar-refractivity contribution in [2.45, 2.75) is 101 Å². The van der Waals surface area contributed by atoms with Gasteiger partial charge >= 0.3 is 0 Å². The van der Waals surface area contributed by atoms with Gasteiger partial charge in [-0.05, 0) is 6.04 Å². The average molecular weight is 379 g/mol. The first-order chi connectivity index (χ1) is 11.8. The van der Waals surface area contributed by atoms with Gasteiger partial charge in [-0.3, -0.25) is 0 Å². The van der Waals surface area contributed by atoms with Crippen LogP contribution in [0.5, 0.6) is 0 Å². The summed E-state index contributed by atoms with van der Waals surface area (Å²) in [4.78, 5) is 0. The van der Waals surface area contributed by atoms with Crippen LogP contribution in [-0.2, 0) is 9.47 Å². The number of hydrogen-bond acceptors (Lipinski definition) is 6. The highest BCUT2D eigenvalue weighted by atomic mass is 28.3. The van der Waals surface area contributed by atoms with Gasteiger partial charge in [0.2, 0.25) is 0 Å². The Bertz CT molecular complexity index is 352. The van der Waals surface area contributed by atoms with Gasteiger partial charge in [0.15, 0.2) is 6.29 Å². The summed E-state index contributed by atoms with van der Waals surface area (Å²) in [5.41, 5.74) is 0. The summed E-state index contributed by atoms with van der Waals surface area (Å²) in [6.07, 6.45) is 1.89. The lowest BCUT2D eigenvalue weighted by Gasteiger charge is -2.39. The Balaban J connectivity index is 2.27. The van der Waals surface area contributed by atoms with E-state index < -0.39 is 45.4 Å². The van der Waals surface area contributed by atoms with E-state index in [1.54, 1.807) is 0 Å². The maximum absolute atomic E-state index is 9.96. The molecule has 0 aromatic carbocycles. The van der Waals surface area contributed by atoms with Crippen LogP contribution < -0.4 is 0 Å². The summed E-state index contributed by atoms with van der Waals surface area (Å²) in [6, 6.07) is 2.22. The Labute approximate surface area is 153 Å². The van der Waals surface area contributed by atoms with Gasteiger partial charge in [-0.2, -0.15) is 0 Å². The second kappa shape index (κ2) is 11.6. The molecular weight excluding hydrogens is 340 g/mol. The molecule has 25 heavy (non-hydrogen) atoms. The molecule has 0 aromatic heterocycles. The molecule has 1 aliphatic heterocycles. The highest BCUT2D eigenvalue weighted by Gasteiger charge is 2.44. The normalized spacial score (nSPS) is 30.6. The van der Waals surface area contributed by atoms with E-state index in [1.165, 1.54) is 44.6 Å². The molecule has 1 fully saturated rings. The fourth-order valence-electron chi connectivity index (χ4n) is 3.17. The Morgan fingerprint density at radius 1 is 0.880 bits per heavy atom. The lowest BCUT2D eigenvalue weighted by atomic mass is 9.99. The molecular formula is C18H38O6Si. The van der Waals surface area contributed by atoms with Crippen molar-refractivity contribution < 1.29 is 29.9 Å². The summed E-state index contributed by atoms with van der Waals surface area (Å²) in [5, 5.41) is 38.7. The molecule has 150 valence electrons. The molecule has 0 saturated carbocycles. The molecule has 1 rings (SSSR count). The molecule has 0 spiro atoms. The molecule has 1 saturated heterocycles. The SMILES string of the molecule is CCCCCCCC[Si](C)(C)CCO[C@H]1O[C@H](CO)[C@@H](O)[C@H](O)[C@H]1O. The molecule has 0 amide bonds. The highest BCUT2D eigenvalue weighted by molar-refractivity contribution is 6.77. The Kier molecular flexibility index (Phi) is 10.7. The van der Waals surface area contributed by atoms with Crippen molar-refractivity contribution in [2.75, 3.05) is 13.2 Å². The third-order valence-corrected chi connectivity index (χ3v) is 8.38. The molecule has 0 bridgehead atoms. The second-order valence-corrected chi connectivity index (χ2v) is 13.3. The van der Waals surface area contributed by atoms with E-state index >= 15 is 0 Å². The van der Waals surface area contributed by atoms with Crippen molar-refractivity contribution in [2.24, 2.45) is 0 Å². The molecule has 0 radical (unpaired) electrons. The minimum Gasteiger partial charge on any atom is -0.394 e. The first kappa shape index (κ1) is 23.0. The van der Waals surface area contributed by atoms with E-state index in [-0.39, 0.29) is 0 Å². The largest absolute Gasteiger partial charge is 0.394 e. The van der Waals surface area contributed by atoms with Crippen LogP contribution in [0.2, 0.25) is 25.2 Å². The maximum atomic E-state index is 9.96. The third kappa shape index (κ3) is 8.03. The molecule has 1 heterocycles. The summed E-state index contributed by atoms with van der Waals surface area (Å²) in [7, 11) is -1.36. The van der Waals surface area contributed by atoms with Crippen LogP contribution in [0.1, 0.15) is 45.4 Å². The summed E-state index contributed by atoms with van der Waals surface area (Å²) in [5.74, 6) is 0. The van der Waals surface area contributed by atoms with Gasteiger partial charge in [-0.1, -0.05) is 64.6 Å². The van der Waals surface area contributed by atoms with E-state index in [0.717, 1.165) is 6.04 Å².